The van der Waals surface area contributed by atoms with Crippen molar-refractivity contribution in [3.05, 3.63) is 35.9 Å². The topological polar surface area (TPSA) is 61.4 Å². The van der Waals surface area contributed by atoms with Gasteiger partial charge in [0.15, 0.2) is 0 Å². The third-order valence-corrected chi connectivity index (χ3v) is 2.73. The maximum Gasteiger partial charge on any atom is 0.242 e. The molecule has 1 aromatic rings. The Morgan fingerprint density at radius 2 is 1.85 bits per heavy atom. The minimum atomic E-state index is -0.115. The smallest absolute Gasteiger partial charge is 0.242 e. The number of halogens is 1. The highest BCUT2D eigenvalue weighted by Gasteiger charge is 2.10. The third kappa shape index (κ3) is 7.11. The fourth-order valence-electron chi connectivity index (χ4n) is 1.58. The Balaban J connectivity index is 0.00000361. The van der Waals surface area contributed by atoms with Crippen LogP contribution in [0, 0.1) is 0 Å². The van der Waals surface area contributed by atoms with Crippen LogP contribution in [0.3, 0.4) is 0 Å². The quantitative estimate of drug-likeness (QED) is 0.783. The normalized spacial score (nSPS) is 9.50. The average molecular weight is 300 g/mol. The van der Waals surface area contributed by atoms with E-state index in [4.69, 9.17) is 0 Å². The van der Waals surface area contributed by atoms with Crippen molar-refractivity contribution in [3.63, 3.8) is 0 Å². The molecule has 0 aromatic heterocycles. The zero-order valence-electron chi connectivity index (χ0n) is 11.9. The van der Waals surface area contributed by atoms with Crippen LogP contribution in [0.15, 0.2) is 30.3 Å². The fourth-order valence-corrected chi connectivity index (χ4v) is 1.58. The number of nitrogens with one attached hydrogen (secondary N) is 2. The van der Waals surface area contributed by atoms with Crippen LogP contribution in [0.25, 0.3) is 0 Å². The van der Waals surface area contributed by atoms with Crippen molar-refractivity contribution >= 4 is 24.2 Å². The predicted molar refractivity (Wildman–Crippen MR) is 81.7 cm³/mol. The van der Waals surface area contributed by atoms with Gasteiger partial charge in [-0.05, 0) is 12.6 Å². The molecule has 0 aliphatic heterocycles. The molecular weight excluding hydrogens is 278 g/mol. The largest absolute Gasteiger partial charge is 0.347 e. The molecular formula is C14H22ClN3O2. The first-order valence-electron chi connectivity index (χ1n) is 6.32. The van der Waals surface area contributed by atoms with Crippen molar-refractivity contribution in [1.29, 1.82) is 0 Å². The van der Waals surface area contributed by atoms with Gasteiger partial charge in [0.2, 0.25) is 11.8 Å². The summed E-state index contributed by atoms with van der Waals surface area (Å²) in [6, 6.07) is 9.75. The van der Waals surface area contributed by atoms with Crippen molar-refractivity contribution in [2.75, 3.05) is 27.2 Å². The van der Waals surface area contributed by atoms with Gasteiger partial charge in [-0.15, -0.1) is 12.4 Å². The number of nitrogens with zero attached hydrogens (tertiary/aromatic N) is 1. The first kappa shape index (κ1) is 18.4. The molecule has 2 amide bonds. The summed E-state index contributed by atoms with van der Waals surface area (Å²) in [6.07, 6.45) is 0.381. The zero-order chi connectivity index (χ0) is 14.1. The van der Waals surface area contributed by atoms with E-state index in [2.05, 4.69) is 10.6 Å². The maximum absolute atomic E-state index is 11.8. The van der Waals surface area contributed by atoms with Crippen LogP contribution in [-0.2, 0) is 16.1 Å². The molecule has 0 aliphatic rings. The number of hydrogen-bond acceptors (Lipinski definition) is 3. The second-order valence-corrected chi connectivity index (χ2v) is 4.37. The highest BCUT2D eigenvalue weighted by Crippen LogP contribution is 2.02. The van der Waals surface area contributed by atoms with Crippen molar-refractivity contribution in [2.45, 2.75) is 13.0 Å². The molecule has 0 radical (unpaired) electrons. The Bertz CT molecular complexity index is 412. The standard InChI is InChI=1S/C14H21N3O2.ClH/c1-15-9-8-13(18)16-10-14(19)17(2)11-12-6-4-3-5-7-12;/h3-7,15H,8-11H2,1-2H3,(H,16,18);1H. The summed E-state index contributed by atoms with van der Waals surface area (Å²) in [6.45, 7) is 1.21. The molecule has 1 aromatic carbocycles. The molecule has 20 heavy (non-hydrogen) atoms. The highest BCUT2D eigenvalue weighted by molar-refractivity contribution is 5.85. The molecule has 1 rings (SSSR count). The van der Waals surface area contributed by atoms with Gasteiger partial charge in [0, 0.05) is 26.6 Å². The van der Waals surface area contributed by atoms with Crippen molar-refractivity contribution < 1.29 is 9.59 Å². The van der Waals surface area contributed by atoms with E-state index in [-0.39, 0.29) is 30.8 Å². The molecule has 0 heterocycles. The average Bonchev–Trinajstić information content (AvgIpc) is 2.43. The van der Waals surface area contributed by atoms with Crippen molar-refractivity contribution in [2.24, 2.45) is 0 Å². The molecule has 112 valence electrons. The Labute approximate surface area is 126 Å². The Morgan fingerprint density at radius 3 is 2.45 bits per heavy atom. The molecule has 0 fully saturated rings. The van der Waals surface area contributed by atoms with Gasteiger partial charge in [-0.2, -0.15) is 0 Å². The SMILES string of the molecule is CNCCC(=O)NCC(=O)N(C)Cc1ccccc1.Cl. The molecule has 2 N–H and O–H groups in total. The summed E-state index contributed by atoms with van der Waals surface area (Å²) in [4.78, 5) is 24.8. The van der Waals surface area contributed by atoms with Crippen LogP contribution in [0.2, 0.25) is 0 Å². The van der Waals surface area contributed by atoms with Crippen LogP contribution >= 0.6 is 12.4 Å². The first-order chi connectivity index (χ1) is 9.13. The van der Waals surface area contributed by atoms with Gasteiger partial charge in [0.1, 0.15) is 0 Å². The van der Waals surface area contributed by atoms with E-state index < -0.39 is 0 Å². The second kappa shape index (κ2) is 10.2. The third-order valence-electron chi connectivity index (χ3n) is 2.73. The van der Waals surface area contributed by atoms with Crippen LogP contribution in [0.5, 0.6) is 0 Å². The number of carbonyl (C=O) groups excluding carboxylic acids is 2. The summed E-state index contributed by atoms with van der Waals surface area (Å²) in [5, 5.41) is 5.50. The van der Waals surface area contributed by atoms with Gasteiger partial charge in [0.05, 0.1) is 6.54 Å². The van der Waals surface area contributed by atoms with Gasteiger partial charge in [-0.25, -0.2) is 0 Å². The molecule has 0 saturated carbocycles. The van der Waals surface area contributed by atoms with Crippen LogP contribution in [0.4, 0.5) is 0 Å². The van der Waals surface area contributed by atoms with Crippen LogP contribution < -0.4 is 10.6 Å². The number of rotatable bonds is 7. The van der Waals surface area contributed by atoms with E-state index in [0.29, 0.717) is 19.5 Å². The number of hydrogen-bond donors (Lipinski definition) is 2. The van der Waals surface area contributed by atoms with Crippen LogP contribution in [0.1, 0.15) is 12.0 Å². The predicted octanol–water partition coefficient (Wildman–Crippen LogP) is 0.792. The lowest BCUT2D eigenvalue weighted by molar-refractivity contribution is -0.132. The monoisotopic (exact) mass is 299 g/mol. The summed E-state index contributed by atoms with van der Waals surface area (Å²) >= 11 is 0. The number of amides is 2. The molecule has 0 bridgehead atoms. The molecule has 0 saturated heterocycles. The van der Waals surface area contributed by atoms with E-state index >= 15 is 0 Å². The summed E-state index contributed by atoms with van der Waals surface area (Å²) < 4.78 is 0. The number of benzene rings is 1. The fraction of sp³-hybridized carbons (Fsp3) is 0.429. The maximum atomic E-state index is 11.8. The number of likely N-dealkylation sites (N-methyl/N-ethyl adjacent to an activating group) is 1. The lowest BCUT2D eigenvalue weighted by Gasteiger charge is -2.17. The lowest BCUT2D eigenvalue weighted by Crippen LogP contribution is -2.38. The van der Waals surface area contributed by atoms with Gasteiger partial charge < -0.3 is 15.5 Å². The van der Waals surface area contributed by atoms with Crippen LogP contribution in [-0.4, -0.2) is 43.9 Å². The van der Waals surface area contributed by atoms with Gasteiger partial charge >= 0.3 is 0 Å². The Morgan fingerprint density at radius 1 is 1.20 bits per heavy atom. The summed E-state index contributed by atoms with van der Waals surface area (Å²) in [5.41, 5.74) is 1.07. The first-order valence-corrected chi connectivity index (χ1v) is 6.32. The highest BCUT2D eigenvalue weighted by atomic mass is 35.5. The minimum Gasteiger partial charge on any atom is -0.347 e. The minimum absolute atomic E-state index is 0. The molecule has 0 atom stereocenters. The molecule has 0 unspecified atom stereocenters. The molecule has 0 aliphatic carbocycles. The second-order valence-electron chi connectivity index (χ2n) is 4.37. The van der Waals surface area contributed by atoms with Gasteiger partial charge in [0.25, 0.3) is 0 Å². The van der Waals surface area contributed by atoms with Gasteiger partial charge in [-0.1, -0.05) is 30.3 Å². The van der Waals surface area contributed by atoms with E-state index in [9.17, 15) is 9.59 Å². The van der Waals surface area contributed by atoms with Gasteiger partial charge in [-0.3, -0.25) is 9.59 Å². The van der Waals surface area contributed by atoms with E-state index in [1.54, 1.807) is 19.0 Å². The molecule has 5 nitrogen and oxygen atoms in total. The summed E-state index contributed by atoms with van der Waals surface area (Å²) in [7, 11) is 3.52. The molecule has 6 heteroatoms. The Kier molecular flexibility index (Phi) is 9.41. The lowest BCUT2D eigenvalue weighted by atomic mass is 10.2. The zero-order valence-corrected chi connectivity index (χ0v) is 12.7. The summed E-state index contributed by atoms with van der Waals surface area (Å²) in [5.74, 6) is -0.211. The van der Waals surface area contributed by atoms with Crippen molar-refractivity contribution in [1.82, 2.24) is 15.5 Å². The van der Waals surface area contributed by atoms with E-state index in [1.807, 2.05) is 30.3 Å². The number of carbonyl (C=O) groups is 2. The molecule has 0 spiro atoms. The Hall–Kier alpha value is -1.59. The van der Waals surface area contributed by atoms with E-state index in [1.165, 1.54) is 0 Å². The van der Waals surface area contributed by atoms with Crippen molar-refractivity contribution in [3.8, 4) is 0 Å². The van der Waals surface area contributed by atoms with E-state index in [0.717, 1.165) is 5.56 Å².